The van der Waals surface area contributed by atoms with Gasteiger partial charge in [0.05, 0.1) is 24.8 Å². The van der Waals surface area contributed by atoms with Gasteiger partial charge in [0.15, 0.2) is 0 Å². The molecular weight excluding hydrogens is 532 g/mol. The fourth-order valence-electron chi connectivity index (χ4n) is 5.99. The SMILES string of the molecule is C[C@H]1Cc2cc(/C(O)=C3\C(=O)C(=O)N(CCCN4CCOCC4)[C@H]3c3cccc(OCc4ccccc4)c3)ccc2O1. The number of fused-ring (bicyclic) bond motifs is 1. The van der Waals surface area contributed by atoms with Gasteiger partial charge in [-0.1, -0.05) is 42.5 Å². The van der Waals surface area contributed by atoms with Crippen molar-refractivity contribution in [3.63, 3.8) is 0 Å². The van der Waals surface area contributed by atoms with Crippen LogP contribution in [0.25, 0.3) is 5.76 Å². The average Bonchev–Trinajstić information content (AvgIpc) is 3.52. The van der Waals surface area contributed by atoms with Crippen LogP contribution in [0.2, 0.25) is 0 Å². The van der Waals surface area contributed by atoms with Crippen molar-refractivity contribution in [2.75, 3.05) is 39.4 Å². The summed E-state index contributed by atoms with van der Waals surface area (Å²) in [7, 11) is 0. The highest BCUT2D eigenvalue weighted by molar-refractivity contribution is 6.46. The molecule has 0 spiro atoms. The van der Waals surface area contributed by atoms with Gasteiger partial charge in [0.2, 0.25) is 0 Å². The van der Waals surface area contributed by atoms with Crippen LogP contribution in [0.3, 0.4) is 0 Å². The molecule has 3 aliphatic heterocycles. The van der Waals surface area contributed by atoms with E-state index < -0.39 is 17.7 Å². The molecule has 1 amide bonds. The number of Topliss-reactive ketones (excluding diaryl/α,β-unsaturated/α-hetero) is 1. The van der Waals surface area contributed by atoms with E-state index in [0.29, 0.717) is 49.7 Å². The third kappa shape index (κ3) is 5.91. The van der Waals surface area contributed by atoms with E-state index in [9.17, 15) is 14.7 Å². The second-order valence-electron chi connectivity index (χ2n) is 11.1. The van der Waals surface area contributed by atoms with Gasteiger partial charge in [-0.05, 0) is 60.4 Å². The van der Waals surface area contributed by atoms with E-state index in [1.165, 1.54) is 0 Å². The maximum Gasteiger partial charge on any atom is 0.295 e. The van der Waals surface area contributed by atoms with E-state index in [1.54, 1.807) is 11.0 Å². The molecule has 0 saturated carbocycles. The Morgan fingerprint density at radius 3 is 2.60 bits per heavy atom. The Bertz CT molecular complexity index is 1480. The van der Waals surface area contributed by atoms with Crippen molar-refractivity contribution in [3.05, 3.63) is 101 Å². The monoisotopic (exact) mass is 568 g/mol. The lowest BCUT2D eigenvalue weighted by atomic mass is 9.94. The molecule has 0 radical (unpaired) electrons. The van der Waals surface area contributed by atoms with Gasteiger partial charge in [0.25, 0.3) is 11.7 Å². The van der Waals surface area contributed by atoms with Crippen LogP contribution in [0.15, 0.2) is 78.4 Å². The molecule has 42 heavy (non-hydrogen) atoms. The van der Waals surface area contributed by atoms with Gasteiger partial charge in [-0.2, -0.15) is 0 Å². The zero-order valence-corrected chi connectivity index (χ0v) is 23.8. The number of ether oxygens (including phenoxy) is 3. The Balaban J connectivity index is 1.32. The lowest BCUT2D eigenvalue weighted by Gasteiger charge is -2.29. The molecule has 0 aromatic heterocycles. The van der Waals surface area contributed by atoms with Crippen LogP contribution in [0.5, 0.6) is 11.5 Å². The predicted molar refractivity (Wildman–Crippen MR) is 158 cm³/mol. The molecular formula is C34H36N2O6. The Labute approximate surface area is 246 Å². The highest BCUT2D eigenvalue weighted by atomic mass is 16.5. The number of ketones is 1. The first-order valence-electron chi connectivity index (χ1n) is 14.6. The fourth-order valence-corrected chi connectivity index (χ4v) is 5.99. The minimum absolute atomic E-state index is 0.0491. The van der Waals surface area contributed by atoms with Gasteiger partial charge in [-0.3, -0.25) is 14.5 Å². The minimum Gasteiger partial charge on any atom is -0.507 e. The van der Waals surface area contributed by atoms with Crippen molar-refractivity contribution in [2.45, 2.75) is 38.5 Å². The van der Waals surface area contributed by atoms with E-state index in [1.807, 2.05) is 73.7 Å². The number of morpholine rings is 1. The number of aliphatic hydroxyl groups excluding tert-OH is 1. The van der Waals surface area contributed by atoms with Crippen LogP contribution in [0, 0.1) is 0 Å². The fraction of sp³-hybridized carbons (Fsp3) is 0.353. The molecule has 0 unspecified atom stereocenters. The summed E-state index contributed by atoms with van der Waals surface area (Å²) in [5.74, 6) is -0.0461. The summed E-state index contributed by atoms with van der Waals surface area (Å²) in [6.45, 7) is 6.66. The highest BCUT2D eigenvalue weighted by Gasteiger charge is 2.46. The molecule has 8 heteroatoms. The molecule has 8 nitrogen and oxygen atoms in total. The van der Waals surface area contributed by atoms with Crippen LogP contribution < -0.4 is 9.47 Å². The van der Waals surface area contributed by atoms with Crippen LogP contribution in [-0.4, -0.2) is 72.1 Å². The molecule has 2 saturated heterocycles. The van der Waals surface area contributed by atoms with Crippen molar-refractivity contribution >= 4 is 17.4 Å². The lowest BCUT2D eigenvalue weighted by molar-refractivity contribution is -0.140. The standard InChI is InChI=1S/C34H36N2O6/c1-23-19-27-20-26(11-12-29(27)42-23)32(37)30-31(25-9-5-10-28(21-25)41-22-24-7-3-2-4-8-24)36(34(39)33(30)38)14-6-13-35-15-17-40-18-16-35/h2-5,7-12,20-21,23,31,37H,6,13-19,22H2,1H3/b32-30+/t23-,31-/m0/s1. The van der Waals surface area contributed by atoms with Crippen LogP contribution in [0.1, 0.15) is 41.6 Å². The maximum absolute atomic E-state index is 13.6. The zero-order chi connectivity index (χ0) is 29.1. The number of carbonyl (C=O) groups excluding carboxylic acids is 2. The molecule has 3 aromatic rings. The number of carbonyl (C=O) groups is 2. The second-order valence-corrected chi connectivity index (χ2v) is 11.1. The summed E-state index contributed by atoms with van der Waals surface area (Å²) >= 11 is 0. The molecule has 2 fully saturated rings. The number of aliphatic hydroxyl groups is 1. The minimum atomic E-state index is -0.738. The Hall–Kier alpha value is -4.14. The first kappa shape index (κ1) is 28.0. The second kappa shape index (κ2) is 12.4. The molecule has 1 N–H and O–H groups in total. The van der Waals surface area contributed by atoms with Crippen molar-refractivity contribution < 1.29 is 28.9 Å². The van der Waals surface area contributed by atoms with E-state index in [4.69, 9.17) is 14.2 Å². The summed E-state index contributed by atoms with van der Waals surface area (Å²) in [5, 5.41) is 11.6. The first-order valence-corrected chi connectivity index (χ1v) is 14.6. The number of hydrogen-bond acceptors (Lipinski definition) is 7. The van der Waals surface area contributed by atoms with Gasteiger partial charge >= 0.3 is 0 Å². The summed E-state index contributed by atoms with van der Waals surface area (Å²) in [4.78, 5) is 31.0. The molecule has 3 heterocycles. The number of likely N-dealkylation sites (tertiary alicyclic amines) is 1. The van der Waals surface area contributed by atoms with Gasteiger partial charge in [0.1, 0.15) is 30.0 Å². The van der Waals surface area contributed by atoms with Gasteiger partial charge in [0, 0.05) is 38.2 Å². The zero-order valence-electron chi connectivity index (χ0n) is 23.8. The maximum atomic E-state index is 13.6. The third-order valence-corrected chi connectivity index (χ3v) is 8.11. The number of benzene rings is 3. The normalized spacial score (nSPS) is 21.8. The topological polar surface area (TPSA) is 88.5 Å². The summed E-state index contributed by atoms with van der Waals surface area (Å²) in [6, 6.07) is 22.0. The first-order chi connectivity index (χ1) is 20.5. The van der Waals surface area contributed by atoms with E-state index in [0.717, 1.165) is 42.9 Å². The summed E-state index contributed by atoms with van der Waals surface area (Å²) in [6.07, 6.45) is 1.46. The largest absolute Gasteiger partial charge is 0.507 e. The number of hydrogen-bond donors (Lipinski definition) is 1. The quantitative estimate of drug-likeness (QED) is 0.227. The Morgan fingerprint density at radius 2 is 1.79 bits per heavy atom. The average molecular weight is 569 g/mol. The van der Waals surface area contributed by atoms with Gasteiger partial charge in [-0.25, -0.2) is 0 Å². The predicted octanol–water partition coefficient (Wildman–Crippen LogP) is 4.73. The van der Waals surface area contributed by atoms with E-state index in [-0.39, 0.29) is 17.4 Å². The Morgan fingerprint density at radius 1 is 0.976 bits per heavy atom. The molecule has 0 bridgehead atoms. The van der Waals surface area contributed by atoms with Crippen LogP contribution >= 0.6 is 0 Å². The van der Waals surface area contributed by atoms with Crippen LogP contribution in [0.4, 0.5) is 0 Å². The molecule has 218 valence electrons. The van der Waals surface area contributed by atoms with Crippen molar-refractivity contribution in [1.29, 1.82) is 0 Å². The van der Waals surface area contributed by atoms with E-state index >= 15 is 0 Å². The summed E-state index contributed by atoms with van der Waals surface area (Å²) in [5.41, 5.74) is 3.31. The molecule has 3 aromatic carbocycles. The highest BCUT2D eigenvalue weighted by Crippen LogP contribution is 2.41. The van der Waals surface area contributed by atoms with Crippen LogP contribution in [-0.2, 0) is 27.4 Å². The third-order valence-electron chi connectivity index (χ3n) is 8.11. The smallest absolute Gasteiger partial charge is 0.295 e. The van der Waals surface area contributed by atoms with Crippen molar-refractivity contribution in [3.8, 4) is 11.5 Å². The molecule has 0 aliphatic carbocycles. The Kier molecular flexibility index (Phi) is 8.26. The number of nitrogens with zero attached hydrogens (tertiary/aromatic N) is 2. The van der Waals surface area contributed by atoms with Gasteiger partial charge < -0.3 is 24.2 Å². The summed E-state index contributed by atoms with van der Waals surface area (Å²) < 4.78 is 17.4. The molecule has 3 aliphatic rings. The van der Waals surface area contributed by atoms with Crippen molar-refractivity contribution in [2.24, 2.45) is 0 Å². The number of rotatable bonds is 9. The van der Waals surface area contributed by atoms with Crippen molar-refractivity contribution in [1.82, 2.24) is 9.80 Å². The number of amides is 1. The molecule has 2 atom stereocenters. The van der Waals surface area contributed by atoms with E-state index in [2.05, 4.69) is 4.90 Å². The van der Waals surface area contributed by atoms with Gasteiger partial charge in [-0.15, -0.1) is 0 Å². The molecule has 6 rings (SSSR count). The lowest BCUT2D eigenvalue weighted by Crippen LogP contribution is -2.38.